The molecule has 6 nitrogen and oxygen atoms in total. The van der Waals surface area contributed by atoms with Crippen LogP contribution in [0.2, 0.25) is 0 Å². The van der Waals surface area contributed by atoms with Gasteiger partial charge in [0.1, 0.15) is 11.6 Å². The van der Waals surface area contributed by atoms with E-state index in [1.165, 1.54) is 42.7 Å². The number of carbonyl (C=O) groups excluding carboxylic acids is 1. The summed E-state index contributed by atoms with van der Waals surface area (Å²) in [6, 6.07) is 5.79. The van der Waals surface area contributed by atoms with Gasteiger partial charge in [-0.15, -0.1) is 0 Å². The molecule has 1 amide bonds. The van der Waals surface area contributed by atoms with Crippen molar-refractivity contribution in [1.29, 1.82) is 0 Å². The van der Waals surface area contributed by atoms with Crippen molar-refractivity contribution < 1.29 is 18.0 Å². The highest BCUT2D eigenvalue weighted by Gasteiger charge is 2.24. The van der Waals surface area contributed by atoms with Crippen molar-refractivity contribution in [2.24, 2.45) is 0 Å². The van der Waals surface area contributed by atoms with Crippen molar-refractivity contribution in [3.05, 3.63) is 65.8 Å². The maximum absolute atomic E-state index is 13.2. The van der Waals surface area contributed by atoms with Gasteiger partial charge in [0.15, 0.2) is 0 Å². The first-order valence-electron chi connectivity index (χ1n) is 8.68. The summed E-state index contributed by atoms with van der Waals surface area (Å²) in [6.45, 7) is 1.03. The number of carbonyl (C=O) groups is 1. The first-order chi connectivity index (χ1) is 13.3. The molecule has 0 spiro atoms. The monoisotopic (exact) mass is 391 g/mol. The normalized spacial score (nSPS) is 11.4. The molecule has 0 fully saturated rings. The Kier molecular flexibility index (Phi) is 5.53. The smallest absolute Gasteiger partial charge is 0.319 e. The van der Waals surface area contributed by atoms with E-state index in [1.54, 1.807) is 16.8 Å². The highest BCUT2D eigenvalue weighted by Crippen LogP contribution is 2.25. The van der Waals surface area contributed by atoms with Crippen molar-refractivity contribution in [3.63, 3.8) is 0 Å². The molecule has 28 heavy (non-hydrogen) atoms. The Balaban J connectivity index is 1.91. The molecular weight excluding hydrogens is 371 g/mol. The van der Waals surface area contributed by atoms with Gasteiger partial charge in [0.2, 0.25) is 0 Å². The van der Waals surface area contributed by atoms with E-state index >= 15 is 0 Å². The Morgan fingerprint density at radius 3 is 2.50 bits per heavy atom. The van der Waals surface area contributed by atoms with E-state index in [0.717, 1.165) is 4.57 Å². The number of aromatic nitrogens is 4. The van der Waals surface area contributed by atoms with Crippen LogP contribution >= 0.6 is 0 Å². The van der Waals surface area contributed by atoms with Crippen LogP contribution < -0.4 is 0 Å². The van der Waals surface area contributed by atoms with Crippen molar-refractivity contribution in [2.75, 3.05) is 7.05 Å². The fourth-order valence-corrected chi connectivity index (χ4v) is 3.00. The topological polar surface area (TPSA) is 56.0 Å². The summed E-state index contributed by atoms with van der Waals surface area (Å²) in [5.74, 6) is -0.695. The molecule has 0 bridgehead atoms. The Bertz CT molecular complexity index is 962. The van der Waals surface area contributed by atoms with Crippen molar-refractivity contribution in [2.45, 2.75) is 32.9 Å². The van der Waals surface area contributed by atoms with Gasteiger partial charge in [0, 0.05) is 19.4 Å². The third-order valence-electron chi connectivity index (χ3n) is 4.34. The maximum atomic E-state index is 13.2. The zero-order valence-electron chi connectivity index (χ0n) is 15.7. The molecule has 0 saturated carbocycles. The van der Waals surface area contributed by atoms with E-state index in [9.17, 15) is 18.0 Å². The minimum absolute atomic E-state index is 0.0528. The van der Waals surface area contributed by atoms with E-state index in [1.807, 2.05) is 13.8 Å². The average molecular weight is 391 g/mol. The molecule has 2 aromatic heterocycles. The lowest BCUT2D eigenvalue weighted by atomic mass is 10.0. The van der Waals surface area contributed by atoms with Crippen LogP contribution in [0.1, 0.15) is 48.2 Å². The van der Waals surface area contributed by atoms with Gasteiger partial charge in [-0.3, -0.25) is 9.36 Å². The van der Waals surface area contributed by atoms with E-state index in [4.69, 9.17) is 0 Å². The molecule has 148 valence electrons. The van der Waals surface area contributed by atoms with E-state index in [2.05, 4.69) is 10.1 Å². The summed E-state index contributed by atoms with van der Waals surface area (Å²) < 4.78 is 41.5. The van der Waals surface area contributed by atoms with Gasteiger partial charge >= 0.3 is 6.55 Å². The summed E-state index contributed by atoms with van der Waals surface area (Å²) in [5, 5.41) is 4.29. The number of halogens is 3. The van der Waals surface area contributed by atoms with Crippen LogP contribution in [0.4, 0.5) is 13.2 Å². The second-order valence-electron chi connectivity index (χ2n) is 6.68. The number of imidazole rings is 1. The van der Waals surface area contributed by atoms with Crippen LogP contribution in [0, 0.1) is 5.82 Å². The maximum Gasteiger partial charge on any atom is 0.319 e. The lowest BCUT2D eigenvalue weighted by Crippen LogP contribution is -2.28. The first-order valence-corrected chi connectivity index (χ1v) is 8.68. The molecule has 0 aliphatic carbocycles. The van der Waals surface area contributed by atoms with Gasteiger partial charge in [-0.25, -0.2) is 14.1 Å². The van der Waals surface area contributed by atoms with Gasteiger partial charge in [0.05, 0.1) is 29.7 Å². The van der Waals surface area contributed by atoms with Crippen molar-refractivity contribution in [3.8, 4) is 5.69 Å². The fourth-order valence-electron chi connectivity index (χ4n) is 3.00. The number of hydrogen-bond acceptors (Lipinski definition) is 3. The molecule has 1 aromatic carbocycles. The number of alkyl halides is 2. The SMILES string of the molecule is CC(C)c1c(C(=O)N(C)Cc2nccn2C(F)F)cnn1-c1ccc(F)cc1. The Labute approximate surface area is 160 Å². The summed E-state index contributed by atoms with van der Waals surface area (Å²) in [4.78, 5) is 18.2. The second kappa shape index (κ2) is 7.87. The summed E-state index contributed by atoms with van der Waals surface area (Å²) >= 11 is 0. The first kappa shape index (κ1) is 19.7. The van der Waals surface area contributed by atoms with Crippen LogP contribution in [-0.2, 0) is 6.54 Å². The molecule has 3 aromatic rings. The van der Waals surface area contributed by atoms with E-state index in [0.29, 0.717) is 16.9 Å². The molecule has 0 aliphatic heterocycles. The van der Waals surface area contributed by atoms with Crippen molar-refractivity contribution >= 4 is 5.91 Å². The number of amides is 1. The Morgan fingerprint density at radius 2 is 1.89 bits per heavy atom. The molecule has 2 heterocycles. The molecule has 0 N–H and O–H groups in total. The molecule has 0 aliphatic rings. The third kappa shape index (κ3) is 3.78. The largest absolute Gasteiger partial charge is 0.334 e. The van der Waals surface area contributed by atoms with Crippen LogP contribution in [0.25, 0.3) is 5.69 Å². The second-order valence-corrected chi connectivity index (χ2v) is 6.68. The molecule has 0 radical (unpaired) electrons. The van der Waals surface area contributed by atoms with Crippen LogP contribution in [-0.4, -0.2) is 37.2 Å². The lowest BCUT2D eigenvalue weighted by Gasteiger charge is -2.19. The highest BCUT2D eigenvalue weighted by atomic mass is 19.3. The summed E-state index contributed by atoms with van der Waals surface area (Å²) in [6.07, 6.45) is 3.88. The van der Waals surface area contributed by atoms with Crippen LogP contribution in [0.3, 0.4) is 0 Å². The molecule has 0 atom stereocenters. The van der Waals surface area contributed by atoms with Crippen LogP contribution in [0.15, 0.2) is 42.9 Å². The Morgan fingerprint density at radius 1 is 1.21 bits per heavy atom. The zero-order chi connectivity index (χ0) is 20.4. The van der Waals surface area contributed by atoms with Gasteiger partial charge in [0.25, 0.3) is 5.91 Å². The molecular formula is C19H20F3N5O. The summed E-state index contributed by atoms with van der Waals surface area (Å²) in [5.41, 5.74) is 1.64. The highest BCUT2D eigenvalue weighted by molar-refractivity contribution is 5.95. The quantitative estimate of drug-likeness (QED) is 0.638. The van der Waals surface area contributed by atoms with Gasteiger partial charge in [-0.1, -0.05) is 13.8 Å². The zero-order valence-corrected chi connectivity index (χ0v) is 15.7. The van der Waals surface area contributed by atoms with E-state index < -0.39 is 6.55 Å². The van der Waals surface area contributed by atoms with E-state index in [-0.39, 0.29) is 30.0 Å². The fraction of sp³-hybridized carbons (Fsp3) is 0.316. The predicted octanol–water partition coefficient (Wildman–Crippen LogP) is 4.00. The number of nitrogens with zero attached hydrogens (tertiary/aromatic N) is 5. The predicted molar refractivity (Wildman–Crippen MR) is 96.9 cm³/mol. The minimum Gasteiger partial charge on any atom is -0.334 e. The standard InChI is InChI=1S/C19H20F3N5O/c1-12(2)17-15(10-24-27(17)14-6-4-13(20)5-7-14)18(28)25(3)11-16-23-8-9-26(16)19(21)22/h4-10,12,19H,11H2,1-3H3. The summed E-state index contributed by atoms with van der Waals surface area (Å²) in [7, 11) is 1.52. The van der Waals surface area contributed by atoms with Gasteiger partial charge < -0.3 is 4.90 Å². The number of benzene rings is 1. The molecule has 0 unspecified atom stereocenters. The van der Waals surface area contributed by atoms with Crippen molar-refractivity contribution in [1.82, 2.24) is 24.2 Å². The Hall–Kier alpha value is -3.10. The average Bonchev–Trinajstić information content (AvgIpc) is 3.28. The number of rotatable bonds is 6. The molecule has 3 rings (SSSR count). The van der Waals surface area contributed by atoms with Crippen LogP contribution in [0.5, 0.6) is 0 Å². The number of hydrogen-bond donors (Lipinski definition) is 0. The molecule has 0 saturated heterocycles. The molecule has 9 heteroatoms. The minimum atomic E-state index is -2.73. The third-order valence-corrected chi connectivity index (χ3v) is 4.34. The van der Waals surface area contributed by atoms with Gasteiger partial charge in [-0.2, -0.15) is 13.9 Å². The van der Waals surface area contributed by atoms with Gasteiger partial charge in [-0.05, 0) is 30.2 Å². The lowest BCUT2D eigenvalue weighted by molar-refractivity contribution is 0.0612.